The molecule has 5 nitrogen and oxygen atoms in total. The Morgan fingerprint density at radius 3 is 2.65 bits per heavy atom. The average molecular weight is 294 g/mol. The Morgan fingerprint density at radius 1 is 1.18 bits per heavy atom. The first-order valence-corrected chi connectivity index (χ1v) is 5.80. The Balaban J connectivity index is 2.22. The van der Waals surface area contributed by atoms with Gasteiger partial charge in [-0.05, 0) is 30.7 Å². The number of hydrogen-bond donors (Lipinski definition) is 3. The highest BCUT2D eigenvalue weighted by atomic mass is 79.9. The van der Waals surface area contributed by atoms with Gasteiger partial charge in [0.25, 0.3) is 0 Å². The van der Waals surface area contributed by atoms with Crippen LogP contribution in [0.2, 0.25) is 0 Å². The topological polar surface area (TPSA) is 75.9 Å². The molecular weight excluding hydrogens is 282 g/mol. The van der Waals surface area contributed by atoms with E-state index in [1.807, 2.05) is 25.1 Å². The maximum Gasteiger partial charge on any atom is 0.145 e. The van der Waals surface area contributed by atoms with Crippen molar-refractivity contribution in [2.24, 2.45) is 5.84 Å². The molecule has 0 spiro atoms. The lowest BCUT2D eigenvalue weighted by molar-refractivity contribution is 1.14. The molecule has 0 atom stereocenters. The standard InChI is InChI=1S/C11H12BrN5/c1-7-4-8(2-3-9(7)12)16-10-5-11(17-13)15-6-14-10/h2-6H,13H2,1H3,(H2,14,15,16,17). The molecule has 2 rings (SSSR count). The summed E-state index contributed by atoms with van der Waals surface area (Å²) in [5.41, 5.74) is 4.59. The predicted molar refractivity (Wildman–Crippen MR) is 72.0 cm³/mol. The van der Waals surface area contributed by atoms with E-state index >= 15 is 0 Å². The third-order valence-electron chi connectivity index (χ3n) is 2.25. The fourth-order valence-electron chi connectivity index (χ4n) is 1.37. The van der Waals surface area contributed by atoms with Crippen molar-refractivity contribution in [3.05, 3.63) is 40.6 Å². The third-order valence-corrected chi connectivity index (χ3v) is 3.14. The van der Waals surface area contributed by atoms with Crippen molar-refractivity contribution in [2.45, 2.75) is 6.92 Å². The average Bonchev–Trinajstić information content (AvgIpc) is 2.34. The summed E-state index contributed by atoms with van der Waals surface area (Å²) in [5.74, 6) is 6.54. The number of hydrazine groups is 1. The van der Waals surface area contributed by atoms with Crippen molar-refractivity contribution in [3.8, 4) is 0 Å². The number of anilines is 3. The van der Waals surface area contributed by atoms with E-state index in [9.17, 15) is 0 Å². The number of nitrogens with one attached hydrogen (secondary N) is 2. The van der Waals surface area contributed by atoms with Crippen LogP contribution in [0, 0.1) is 6.92 Å². The molecule has 0 saturated heterocycles. The molecule has 0 bridgehead atoms. The summed E-state index contributed by atoms with van der Waals surface area (Å²) in [7, 11) is 0. The quantitative estimate of drug-likeness (QED) is 0.599. The number of halogens is 1. The molecule has 4 N–H and O–H groups in total. The summed E-state index contributed by atoms with van der Waals surface area (Å²) < 4.78 is 1.08. The van der Waals surface area contributed by atoms with Crippen molar-refractivity contribution in [3.63, 3.8) is 0 Å². The van der Waals surface area contributed by atoms with Crippen LogP contribution in [0.25, 0.3) is 0 Å². The molecule has 0 amide bonds. The maximum atomic E-state index is 5.28. The van der Waals surface area contributed by atoms with E-state index in [1.165, 1.54) is 6.33 Å². The van der Waals surface area contributed by atoms with E-state index in [-0.39, 0.29) is 0 Å². The Hall–Kier alpha value is -1.66. The second-order valence-corrected chi connectivity index (χ2v) is 4.38. The van der Waals surface area contributed by atoms with Crippen LogP contribution in [0.1, 0.15) is 5.56 Å². The number of nitrogens with zero attached hydrogens (tertiary/aromatic N) is 2. The summed E-state index contributed by atoms with van der Waals surface area (Å²) in [6.45, 7) is 2.03. The number of hydrogen-bond acceptors (Lipinski definition) is 5. The molecule has 0 aliphatic carbocycles. The van der Waals surface area contributed by atoms with Crippen molar-refractivity contribution in [1.82, 2.24) is 9.97 Å². The predicted octanol–water partition coefficient (Wildman–Crippen LogP) is 2.58. The van der Waals surface area contributed by atoms with Crippen molar-refractivity contribution in [1.29, 1.82) is 0 Å². The molecule has 0 aliphatic rings. The number of nitrogen functional groups attached to an aromatic ring is 1. The smallest absolute Gasteiger partial charge is 0.145 e. The van der Waals surface area contributed by atoms with Gasteiger partial charge in [-0.15, -0.1) is 0 Å². The molecule has 2 aromatic rings. The molecule has 0 radical (unpaired) electrons. The second kappa shape index (κ2) is 5.11. The summed E-state index contributed by atoms with van der Waals surface area (Å²) in [6.07, 6.45) is 1.45. The van der Waals surface area contributed by atoms with E-state index in [2.05, 4.69) is 36.6 Å². The third kappa shape index (κ3) is 2.92. The fraction of sp³-hybridized carbons (Fsp3) is 0.0909. The summed E-state index contributed by atoms with van der Waals surface area (Å²) >= 11 is 3.46. The lowest BCUT2D eigenvalue weighted by atomic mass is 10.2. The Labute approximate surface area is 108 Å². The molecule has 88 valence electrons. The lowest BCUT2D eigenvalue weighted by Crippen LogP contribution is -2.09. The van der Waals surface area contributed by atoms with Gasteiger partial charge in [0.15, 0.2) is 0 Å². The van der Waals surface area contributed by atoms with Gasteiger partial charge < -0.3 is 10.7 Å². The van der Waals surface area contributed by atoms with E-state index in [4.69, 9.17) is 5.84 Å². The van der Waals surface area contributed by atoms with Gasteiger partial charge in [0.05, 0.1) is 0 Å². The monoisotopic (exact) mass is 293 g/mol. The zero-order chi connectivity index (χ0) is 12.3. The van der Waals surface area contributed by atoms with Crippen LogP contribution in [0.4, 0.5) is 17.3 Å². The molecule has 1 aromatic carbocycles. The molecule has 0 unspecified atom stereocenters. The van der Waals surface area contributed by atoms with Crippen LogP contribution in [-0.2, 0) is 0 Å². The first-order chi connectivity index (χ1) is 8.19. The normalized spacial score (nSPS) is 10.1. The number of aromatic nitrogens is 2. The van der Waals surface area contributed by atoms with Gasteiger partial charge >= 0.3 is 0 Å². The summed E-state index contributed by atoms with van der Waals surface area (Å²) in [6, 6.07) is 7.72. The molecule has 0 aliphatic heterocycles. The van der Waals surface area contributed by atoms with Gasteiger partial charge in [-0.25, -0.2) is 15.8 Å². The molecular formula is C11H12BrN5. The minimum absolute atomic E-state index is 0.566. The Kier molecular flexibility index (Phi) is 3.55. The lowest BCUT2D eigenvalue weighted by Gasteiger charge is -2.08. The first-order valence-electron chi connectivity index (χ1n) is 5.01. The summed E-state index contributed by atoms with van der Waals surface area (Å²) in [5, 5.41) is 3.18. The first kappa shape index (κ1) is 11.8. The second-order valence-electron chi connectivity index (χ2n) is 3.52. The van der Waals surface area contributed by atoms with Gasteiger partial charge in [-0.2, -0.15) is 0 Å². The van der Waals surface area contributed by atoms with Crippen molar-refractivity contribution < 1.29 is 0 Å². The van der Waals surface area contributed by atoms with E-state index in [0.29, 0.717) is 11.6 Å². The highest BCUT2D eigenvalue weighted by Gasteiger charge is 2.00. The van der Waals surface area contributed by atoms with Gasteiger partial charge in [-0.1, -0.05) is 15.9 Å². The molecule has 17 heavy (non-hydrogen) atoms. The van der Waals surface area contributed by atoms with Crippen LogP contribution in [0.3, 0.4) is 0 Å². The largest absolute Gasteiger partial charge is 0.340 e. The zero-order valence-corrected chi connectivity index (χ0v) is 10.8. The maximum absolute atomic E-state index is 5.28. The summed E-state index contributed by atoms with van der Waals surface area (Å²) in [4.78, 5) is 8.04. The minimum atomic E-state index is 0.566. The molecule has 6 heteroatoms. The van der Waals surface area contributed by atoms with E-state index < -0.39 is 0 Å². The number of nitrogens with two attached hydrogens (primary N) is 1. The van der Waals surface area contributed by atoms with Crippen LogP contribution in [0.15, 0.2) is 35.1 Å². The van der Waals surface area contributed by atoms with Crippen LogP contribution in [-0.4, -0.2) is 9.97 Å². The Bertz CT molecular complexity index is 529. The van der Waals surface area contributed by atoms with Gasteiger partial charge in [0.2, 0.25) is 0 Å². The van der Waals surface area contributed by atoms with Crippen molar-refractivity contribution in [2.75, 3.05) is 10.7 Å². The van der Waals surface area contributed by atoms with Gasteiger partial charge in [0.1, 0.15) is 18.0 Å². The fourth-order valence-corrected chi connectivity index (χ4v) is 1.62. The van der Waals surface area contributed by atoms with Gasteiger partial charge in [-0.3, -0.25) is 0 Å². The highest BCUT2D eigenvalue weighted by Crippen LogP contribution is 2.22. The van der Waals surface area contributed by atoms with E-state index in [1.54, 1.807) is 6.07 Å². The molecule has 1 aromatic heterocycles. The van der Waals surface area contributed by atoms with Crippen LogP contribution in [0.5, 0.6) is 0 Å². The minimum Gasteiger partial charge on any atom is -0.340 e. The molecule has 1 heterocycles. The molecule has 0 fully saturated rings. The van der Waals surface area contributed by atoms with Gasteiger partial charge in [0, 0.05) is 16.2 Å². The number of aryl methyl sites for hydroxylation is 1. The van der Waals surface area contributed by atoms with Crippen LogP contribution < -0.4 is 16.6 Å². The van der Waals surface area contributed by atoms with E-state index in [0.717, 1.165) is 15.7 Å². The SMILES string of the molecule is Cc1cc(Nc2cc(NN)ncn2)ccc1Br. The van der Waals surface area contributed by atoms with Crippen LogP contribution >= 0.6 is 15.9 Å². The van der Waals surface area contributed by atoms with Crippen molar-refractivity contribution >= 4 is 33.3 Å². The number of rotatable bonds is 3. The Morgan fingerprint density at radius 2 is 1.94 bits per heavy atom. The highest BCUT2D eigenvalue weighted by molar-refractivity contribution is 9.10. The number of benzene rings is 1. The molecule has 0 saturated carbocycles. The zero-order valence-electron chi connectivity index (χ0n) is 9.24.